The average Bonchev–Trinajstić information content (AvgIpc) is 2.34. The van der Waals surface area contributed by atoms with Crippen LogP contribution in [0.4, 0.5) is 14.5 Å². The largest absolute Gasteiger partial charge is 0.319 e. The fraction of sp³-hybridized carbons (Fsp3) is 0.0714. The fourth-order valence-electron chi connectivity index (χ4n) is 1.62. The second kappa shape index (κ2) is 4.96. The molecule has 0 aromatic heterocycles. The molecule has 1 N–H and O–H groups in total. The van der Waals surface area contributed by atoms with Crippen molar-refractivity contribution in [2.75, 3.05) is 5.32 Å². The molecule has 0 aliphatic heterocycles. The summed E-state index contributed by atoms with van der Waals surface area (Å²) in [6.07, 6.45) is 0. The summed E-state index contributed by atoms with van der Waals surface area (Å²) in [4.78, 5) is 11.8. The van der Waals surface area contributed by atoms with Gasteiger partial charge in [-0.25, -0.2) is 8.78 Å². The van der Waals surface area contributed by atoms with Crippen LogP contribution in [0.25, 0.3) is 0 Å². The average molecular weight is 247 g/mol. The Balaban J connectivity index is 2.30. The van der Waals surface area contributed by atoms with Crippen LogP contribution in [-0.4, -0.2) is 5.91 Å². The van der Waals surface area contributed by atoms with Gasteiger partial charge in [-0.1, -0.05) is 24.3 Å². The van der Waals surface area contributed by atoms with Crippen molar-refractivity contribution in [2.24, 2.45) is 0 Å². The van der Waals surface area contributed by atoms with Crippen LogP contribution in [0, 0.1) is 18.6 Å². The number of para-hydroxylation sites is 1. The van der Waals surface area contributed by atoms with Crippen molar-refractivity contribution in [1.29, 1.82) is 0 Å². The van der Waals surface area contributed by atoms with Crippen molar-refractivity contribution in [1.82, 2.24) is 0 Å². The van der Waals surface area contributed by atoms with E-state index in [9.17, 15) is 13.6 Å². The molecule has 92 valence electrons. The third-order valence-electron chi connectivity index (χ3n) is 2.58. The van der Waals surface area contributed by atoms with Gasteiger partial charge >= 0.3 is 0 Å². The quantitative estimate of drug-likeness (QED) is 0.864. The van der Waals surface area contributed by atoms with Crippen LogP contribution in [0.5, 0.6) is 0 Å². The predicted molar refractivity (Wildman–Crippen MR) is 65.5 cm³/mol. The normalized spacial score (nSPS) is 10.2. The summed E-state index contributed by atoms with van der Waals surface area (Å²) < 4.78 is 26.9. The molecule has 0 saturated heterocycles. The highest BCUT2D eigenvalue weighted by atomic mass is 19.1. The minimum Gasteiger partial charge on any atom is -0.319 e. The third-order valence-corrected chi connectivity index (χ3v) is 2.58. The Kier molecular flexibility index (Phi) is 3.37. The van der Waals surface area contributed by atoms with Gasteiger partial charge in [-0.3, -0.25) is 4.79 Å². The number of amides is 1. The van der Waals surface area contributed by atoms with Gasteiger partial charge in [0.15, 0.2) is 0 Å². The Morgan fingerprint density at radius 2 is 1.67 bits per heavy atom. The van der Waals surface area contributed by atoms with E-state index in [0.29, 0.717) is 5.56 Å². The topological polar surface area (TPSA) is 29.1 Å². The van der Waals surface area contributed by atoms with Crippen molar-refractivity contribution < 1.29 is 13.6 Å². The number of anilines is 1. The second-order valence-corrected chi connectivity index (χ2v) is 3.87. The van der Waals surface area contributed by atoms with Crippen LogP contribution in [0.15, 0.2) is 42.5 Å². The van der Waals surface area contributed by atoms with Gasteiger partial charge in [-0.15, -0.1) is 0 Å². The second-order valence-electron chi connectivity index (χ2n) is 3.87. The molecule has 0 bridgehead atoms. The van der Waals surface area contributed by atoms with Crippen molar-refractivity contribution in [3.05, 3.63) is 65.2 Å². The highest BCUT2D eigenvalue weighted by molar-refractivity contribution is 6.04. The zero-order valence-corrected chi connectivity index (χ0v) is 9.71. The van der Waals surface area contributed by atoms with Crippen molar-refractivity contribution >= 4 is 11.6 Å². The molecule has 1 amide bonds. The van der Waals surface area contributed by atoms with E-state index < -0.39 is 17.5 Å². The van der Waals surface area contributed by atoms with E-state index in [1.807, 2.05) is 0 Å². The molecule has 2 rings (SSSR count). The summed E-state index contributed by atoms with van der Waals surface area (Å²) in [5.74, 6) is -1.84. The van der Waals surface area contributed by atoms with Crippen LogP contribution < -0.4 is 5.32 Å². The van der Waals surface area contributed by atoms with E-state index >= 15 is 0 Å². The van der Waals surface area contributed by atoms with E-state index in [-0.39, 0.29) is 11.3 Å². The molecule has 2 nitrogen and oxygen atoms in total. The molecule has 4 heteroatoms. The molecular formula is C14H11F2NO. The first kappa shape index (κ1) is 12.2. The van der Waals surface area contributed by atoms with Gasteiger partial charge in [-0.2, -0.15) is 0 Å². The number of hydrogen-bond acceptors (Lipinski definition) is 1. The van der Waals surface area contributed by atoms with Crippen molar-refractivity contribution in [3.8, 4) is 0 Å². The van der Waals surface area contributed by atoms with E-state index in [2.05, 4.69) is 5.32 Å². The minimum absolute atomic E-state index is 0.0748. The van der Waals surface area contributed by atoms with Gasteiger partial charge in [-0.05, 0) is 30.7 Å². The Morgan fingerprint density at radius 3 is 2.33 bits per heavy atom. The molecule has 2 aromatic rings. The van der Waals surface area contributed by atoms with Crippen LogP contribution in [0.1, 0.15) is 15.9 Å². The fourth-order valence-corrected chi connectivity index (χ4v) is 1.62. The number of rotatable bonds is 2. The summed E-state index contributed by atoms with van der Waals surface area (Å²) in [6, 6.07) is 10.0. The minimum atomic E-state index is -0.665. The lowest BCUT2D eigenvalue weighted by Crippen LogP contribution is -2.15. The van der Waals surface area contributed by atoms with Gasteiger partial charge in [0.05, 0.1) is 11.3 Å². The Morgan fingerprint density at radius 1 is 1.00 bits per heavy atom. The number of benzene rings is 2. The highest BCUT2D eigenvalue weighted by Crippen LogP contribution is 2.20. The molecular weight excluding hydrogens is 236 g/mol. The molecule has 0 unspecified atom stereocenters. The zero-order valence-electron chi connectivity index (χ0n) is 9.71. The lowest BCUT2D eigenvalue weighted by molar-refractivity contribution is 0.102. The van der Waals surface area contributed by atoms with Gasteiger partial charge in [0, 0.05) is 0 Å². The summed E-state index contributed by atoms with van der Waals surface area (Å²) in [7, 11) is 0. The Labute approximate surface area is 103 Å². The first-order valence-corrected chi connectivity index (χ1v) is 5.40. The third kappa shape index (κ3) is 2.37. The van der Waals surface area contributed by atoms with Gasteiger partial charge < -0.3 is 5.32 Å². The molecule has 0 aliphatic rings. The van der Waals surface area contributed by atoms with Crippen LogP contribution in [0.3, 0.4) is 0 Å². The first-order chi connectivity index (χ1) is 8.59. The van der Waals surface area contributed by atoms with E-state index in [0.717, 1.165) is 0 Å². The van der Waals surface area contributed by atoms with Crippen LogP contribution in [-0.2, 0) is 0 Å². The summed E-state index contributed by atoms with van der Waals surface area (Å²) in [5, 5.41) is 2.38. The first-order valence-electron chi connectivity index (χ1n) is 5.40. The summed E-state index contributed by atoms with van der Waals surface area (Å²) >= 11 is 0. The predicted octanol–water partition coefficient (Wildman–Crippen LogP) is 3.53. The molecule has 2 aromatic carbocycles. The summed E-state index contributed by atoms with van der Waals surface area (Å²) in [5.41, 5.74) is 0.547. The lowest BCUT2D eigenvalue weighted by Gasteiger charge is -2.09. The Bertz CT molecular complexity index is 576. The van der Waals surface area contributed by atoms with Crippen molar-refractivity contribution in [3.63, 3.8) is 0 Å². The molecule has 0 fully saturated rings. The number of carbonyl (C=O) groups excluding carboxylic acids is 1. The summed E-state index contributed by atoms with van der Waals surface area (Å²) in [6.45, 7) is 1.67. The van der Waals surface area contributed by atoms with Gasteiger partial charge in [0.25, 0.3) is 5.91 Å². The maximum Gasteiger partial charge on any atom is 0.258 e. The van der Waals surface area contributed by atoms with Crippen LogP contribution >= 0.6 is 0 Å². The maximum absolute atomic E-state index is 13.5. The zero-order chi connectivity index (χ0) is 13.1. The standard InChI is InChI=1S/C14H11F2NO/c1-9-5-4-8-12(16)13(9)17-14(18)10-6-2-3-7-11(10)15/h2-8H,1H3,(H,17,18). The van der Waals surface area contributed by atoms with Gasteiger partial charge in [0.1, 0.15) is 11.6 Å². The number of carbonyl (C=O) groups is 1. The van der Waals surface area contributed by atoms with Gasteiger partial charge in [0.2, 0.25) is 0 Å². The molecule has 0 radical (unpaired) electrons. The smallest absolute Gasteiger partial charge is 0.258 e. The number of halogens is 2. The molecule has 0 heterocycles. The number of aryl methyl sites for hydroxylation is 1. The Hall–Kier alpha value is -2.23. The van der Waals surface area contributed by atoms with Crippen molar-refractivity contribution in [2.45, 2.75) is 6.92 Å². The van der Waals surface area contributed by atoms with Crippen LogP contribution in [0.2, 0.25) is 0 Å². The SMILES string of the molecule is Cc1cccc(F)c1NC(=O)c1ccccc1F. The number of nitrogens with one attached hydrogen (secondary N) is 1. The molecule has 0 atom stereocenters. The lowest BCUT2D eigenvalue weighted by atomic mass is 10.1. The van der Waals surface area contributed by atoms with E-state index in [1.165, 1.54) is 24.3 Å². The monoisotopic (exact) mass is 247 g/mol. The molecule has 0 aliphatic carbocycles. The molecule has 0 spiro atoms. The maximum atomic E-state index is 13.5. The molecule has 0 saturated carbocycles. The highest BCUT2D eigenvalue weighted by Gasteiger charge is 2.14. The van der Waals surface area contributed by atoms with E-state index in [1.54, 1.807) is 25.1 Å². The number of hydrogen-bond donors (Lipinski definition) is 1. The molecule has 18 heavy (non-hydrogen) atoms. The van der Waals surface area contributed by atoms with E-state index in [4.69, 9.17) is 0 Å².